The van der Waals surface area contributed by atoms with E-state index in [0.717, 1.165) is 29.1 Å². The molecule has 1 aliphatic heterocycles. The number of sulfonamides is 1. The highest BCUT2D eigenvalue weighted by molar-refractivity contribution is 7.89. The van der Waals surface area contributed by atoms with Crippen LogP contribution in [-0.2, 0) is 21.4 Å². The van der Waals surface area contributed by atoms with Crippen LogP contribution in [0.3, 0.4) is 0 Å². The lowest BCUT2D eigenvalue weighted by atomic mass is 10.2. The second-order valence-electron chi connectivity index (χ2n) is 7.35. The first-order valence-corrected chi connectivity index (χ1v) is 11.2. The summed E-state index contributed by atoms with van der Waals surface area (Å²) in [6.45, 7) is 2.08. The number of anilines is 1. The van der Waals surface area contributed by atoms with Crippen LogP contribution in [0, 0.1) is 0 Å². The number of hydrogen-bond donors (Lipinski definition) is 2. The van der Waals surface area contributed by atoms with E-state index in [0.29, 0.717) is 25.3 Å². The van der Waals surface area contributed by atoms with Gasteiger partial charge in [-0.3, -0.25) is 4.79 Å². The minimum absolute atomic E-state index is 0.160. The summed E-state index contributed by atoms with van der Waals surface area (Å²) < 4.78 is 32.1. The maximum absolute atomic E-state index is 12.7. The average Bonchev–Trinajstić information content (AvgIpc) is 3.24. The Morgan fingerprint density at radius 3 is 2.48 bits per heavy atom. The van der Waals surface area contributed by atoms with Crippen molar-refractivity contribution in [2.24, 2.45) is 0 Å². The van der Waals surface area contributed by atoms with Gasteiger partial charge in [-0.1, -0.05) is 6.07 Å². The van der Waals surface area contributed by atoms with Crippen molar-refractivity contribution in [1.29, 1.82) is 0 Å². The van der Waals surface area contributed by atoms with Crippen LogP contribution in [0.5, 0.6) is 5.75 Å². The van der Waals surface area contributed by atoms with Crippen molar-refractivity contribution in [3.05, 3.63) is 54.1 Å². The third kappa shape index (κ3) is 5.56. The van der Waals surface area contributed by atoms with E-state index < -0.39 is 10.0 Å². The molecule has 3 rings (SSSR count). The molecular weight excluding hydrogens is 390 g/mol. The molecule has 0 saturated carbocycles. The van der Waals surface area contributed by atoms with Gasteiger partial charge in [-0.25, -0.2) is 8.42 Å². The fraction of sp³-hybridized carbons (Fsp3) is 0.381. The second kappa shape index (κ2) is 9.39. The molecule has 0 radical (unpaired) electrons. The number of rotatable bonds is 8. The van der Waals surface area contributed by atoms with Crippen LogP contribution < -0.4 is 15.0 Å². The van der Waals surface area contributed by atoms with Gasteiger partial charge < -0.3 is 15.0 Å². The van der Waals surface area contributed by atoms with Crippen molar-refractivity contribution in [2.75, 3.05) is 39.1 Å². The molecule has 0 aliphatic carbocycles. The lowest BCUT2D eigenvalue weighted by molar-refractivity contribution is -0.885. The summed E-state index contributed by atoms with van der Waals surface area (Å²) in [4.78, 5) is 13.7. The standard InChI is InChI=1S/C21H27N3O4S/c1-23(15-17-8-10-19(28-2)11-9-17)16-21(25)22-18-6-5-7-20(14-18)29(26,27)24-12-3-4-13-24/h5-11,14H,3-4,12-13,15-16H2,1-2H3,(H,22,25)/p+1. The fourth-order valence-corrected chi connectivity index (χ4v) is 5.01. The number of ether oxygens (including phenoxy) is 1. The first-order valence-electron chi connectivity index (χ1n) is 9.73. The predicted octanol–water partition coefficient (Wildman–Crippen LogP) is 1.13. The summed E-state index contributed by atoms with van der Waals surface area (Å²) in [6, 6.07) is 14.2. The molecule has 2 aromatic rings. The van der Waals surface area contributed by atoms with E-state index in [9.17, 15) is 13.2 Å². The normalized spacial score (nSPS) is 15.8. The van der Waals surface area contributed by atoms with Crippen molar-refractivity contribution in [3.8, 4) is 5.75 Å². The molecule has 0 bridgehead atoms. The number of carbonyl (C=O) groups is 1. The van der Waals surface area contributed by atoms with E-state index in [-0.39, 0.29) is 17.3 Å². The molecule has 1 unspecified atom stereocenters. The molecule has 1 atom stereocenters. The van der Waals surface area contributed by atoms with Crippen LogP contribution in [0.1, 0.15) is 18.4 Å². The molecule has 1 saturated heterocycles. The number of quaternary nitrogens is 1. The van der Waals surface area contributed by atoms with Gasteiger partial charge in [0.1, 0.15) is 12.3 Å². The predicted molar refractivity (Wildman–Crippen MR) is 112 cm³/mol. The SMILES string of the molecule is COc1ccc(C[NH+](C)CC(=O)Nc2cccc(S(=O)(=O)N3CCCC3)c2)cc1. The summed E-state index contributed by atoms with van der Waals surface area (Å²) >= 11 is 0. The van der Waals surface area contributed by atoms with E-state index >= 15 is 0 Å². The van der Waals surface area contributed by atoms with E-state index in [1.807, 2.05) is 31.3 Å². The van der Waals surface area contributed by atoms with E-state index in [4.69, 9.17) is 4.74 Å². The molecular formula is C21H28N3O4S+. The number of amides is 1. The molecule has 1 aliphatic rings. The minimum Gasteiger partial charge on any atom is -0.497 e. The Morgan fingerprint density at radius 2 is 1.83 bits per heavy atom. The monoisotopic (exact) mass is 418 g/mol. The Balaban J connectivity index is 1.58. The van der Waals surface area contributed by atoms with Crippen LogP contribution in [0.25, 0.3) is 0 Å². The molecule has 8 heteroatoms. The van der Waals surface area contributed by atoms with Crippen molar-refractivity contribution in [1.82, 2.24) is 4.31 Å². The molecule has 1 amide bonds. The van der Waals surface area contributed by atoms with Crippen molar-refractivity contribution < 1.29 is 22.8 Å². The summed E-state index contributed by atoms with van der Waals surface area (Å²) in [7, 11) is 0.0697. The highest BCUT2D eigenvalue weighted by Gasteiger charge is 2.27. The molecule has 2 N–H and O–H groups in total. The minimum atomic E-state index is -3.50. The molecule has 7 nitrogen and oxygen atoms in total. The number of nitrogens with zero attached hydrogens (tertiary/aromatic N) is 1. The summed E-state index contributed by atoms with van der Waals surface area (Å²) in [5.74, 6) is 0.639. The van der Waals surface area contributed by atoms with Crippen LogP contribution in [0.15, 0.2) is 53.4 Å². The number of hydrogen-bond acceptors (Lipinski definition) is 4. The van der Waals surface area contributed by atoms with Crippen molar-refractivity contribution >= 4 is 21.6 Å². The topological polar surface area (TPSA) is 80.1 Å². The van der Waals surface area contributed by atoms with Gasteiger partial charge in [-0.2, -0.15) is 4.31 Å². The first-order chi connectivity index (χ1) is 13.9. The highest BCUT2D eigenvalue weighted by Crippen LogP contribution is 2.23. The Morgan fingerprint density at radius 1 is 1.14 bits per heavy atom. The number of nitrogens with one attached hydrogen (secondary N) is 2. The van der Waals surface area contributed by atoms with Crippen LogP contribution in [0.4, 0.5) is 5.69 Å². The molecule has 1 heterocycles. The molecule has 2 aromatic carbocycles. The van der Waals surface area contributed by atoms with E-state index in [1.54, 1.807) is 25.3 Å². The fourth-order valence-electron chi connectivity index (χ4n) is 3.45. The third-order valence-corrected chi connectivity index (χ3v) is 6.84. The van der Waals surface area contributed by atoms with Gasteiger partial charge in [0, 0.05) is 24.3 Å². The zero-order chi connectivity index (χ0) is 20.9. The Kier molecular flexibility index (Phi) is 6.89. The Labute approximate surface area is 172 Å². The maximum atomic E-state index is 12.7. The van der Waals surface area contributed by atoms with Gasteiger partial charge in [0.05, 0.1) is 19.1 Å². The van der Waals surface area contributed by atoms with Crippen molar-refractivity contribution in [2.45, 2.75) is 24.3 Å². The van der Waals surface area contributed by atoms with E-state index in [2.05, 4.69) is 5.32 Å². The maximum Gasteiger partial charge on any atom is 0.279 e. The zero-order valence-corrected chi connectivity index (χ0v) is 17.7. The van der Waals surface area contributed by atoms with Crippen LogP contribution >= 0.6 is 0 Å². The number of likely N-dealkylation sites (N-methyl/N-ethyl adjacent to an activating group) is 1. The highest BCUT2D eigenvalue weighted by atomic mass is 32.2. The molecule has 29 heavy (non-hydrogen) atoms. The van der Waals surface area contributed by atoms with Crippen LogP contribution in [0.2, 0.25) is 0 Å². The average molecular weight is 419 g/mol. The molecule has 156 valence electrons. The summed E-state index contributed by atoms with van der Waals surface area (Å²) in [6.07, 6.45) is 1.78. The number of benzene rings is 2. The van der Waals surface area contributed by atoms with Crippen molar-refractivity contribution in [3.63, 3.8) is 0 Å². The molecule has 0 spiro atoms. The largest absolute Gasteiger partial charge is 0.497 e. The summed E-state index contributed by atoms with van der Waals surface area (Å²) in [5.41, 5.74) is 1.60. The van der Waals surface area contributed by atoms with Crippen LogP contribution in [-0.4, -0.2) is 52.4 Å². The lowest BCUT2D eigenvalue weighted by Gasteiger charge is -2.17. The van der Waals surface area contributed by atoms with Gasteiger partial charge in [-0.05, 0) is 55.3 Å². The van der Waals surface area contributed by atoms with Gasteiger partial charge in [0.25, 0.3) is 5.91 Å². The smallest absolute Gasteiger partial charge is 0.279 e. The van der Waals surface area contributed by atoms with E-state index in [1.165, 1.54) is 10.4 Å². The van der Waals surface area contributed by atoms with Gasteiger partial charge in [0.15, 0.2) is 6.54 Å². The number of methoxy groups -OCH3 is 1. The van der Waals surface area contributed by atoms with Gasteiger partial charge in [0.2, 0.25) is 10.0 Å². The summed E-state index contributed by atoms with van der Waals surface area (Å²) in [5, 5.41) is 2.82. The molecule has 0 aromatic heterocycles. The third-order valence-electron chi connectivity index (χ3n) is 4.95. The van der Waals surface area contributed by atoms with Gasteiger partial charge in [-0.15, -0.1) is 0 Å². The Hall–Kier alpha value is -2.42. The Bertz CT molecular complexity index is 939. The lowest BCUT2D eigenvalue weighted by Crippen LogP contribution is -3.08. The quantitative estimate of drug-likeness (QED) is 0.674. The first kappa shape index (κ1) is 21.3. The van der Waals surface area contributed by atoms with Gasteiger partial charge >= 0.3 is 0 Å². The number of carbonyl (C=O) groups excluding carboxylic acids is 1. The zero-order valence-electron chi connectivity index (χ0n) is 16.8. The second-order valence-corrected chi connectivity index (χ2v) is 9.28. The molecule has 1 fully saturated rings.